The van der Waals surface area contributed by atoms with Crippen LogP contribution in [0.15, 0.2) is 205 Å². The van der Waals surface area contributed by atoms with Crippen molar-refractivity contribution in [2.75, 3.05) is 0 Å². The number of rotatable bonds is 3. The first kappa shape index (κ1) is 34.0. The zero-order valence-corrected chi connectivity index (χ0v) is 34.2. The molecule has 0 fully saturated rings. The molecule has 0 bridgehead atoms. The van der Waals surface area contributed by atoms with E-state index in [-0.39, 0.29) is 0 Å². The maximum absolute atomic E-state index is 6.65. The molecule has 0 atom stereocenters. The normalized spacial score (nSPS) is 13.4. The number of aromatic nitrogens is 5. The Hall–Kier alpha value is -8.61. The molecule has 15 rings (SSSR count). The highest BCUT2D eigenvalue weighted by molar-refractivity contribution is 6.13. The van der Waals surface area contributed by atoms with Gasteiger partial charge in [-0.05, 0) is 87.0 Å². The van der Waals surface area contributed by atoms with E-state index in [1.165, 1.54) is 44.5 Å². The molecule has 64 heavy (non-hydrogen) atoms. The van der Waals surface area contributed by atoms with Crippen LogP contribution in [0.5, 0.6) is 0 Å². The zero-order valence-electron chi connectivity index (χ0n) is 34.2. The summed E-state index contributed by atoms with van der Waals surface area (Å²) < 4.78 is 11.1. The third kappa shape index (κ3) is 4.22. The molecule has 0 unspecified atom stereocenters. The highest BCUT2D eigenvalue weighted by Crippen LogP contribution is 2.63. The Morgan fingerprint density at radius 3 is 1.39 bits per heavy atom. The van der Waals surface area contributed by atoms with Gasteiger partial charge in [0, 0.05) is 32.3 Å². The van der Waals surface area contributed by atoms with Crippen molar-refractivity contribution in [3.05, 3.63) is 222 Å². The monoisotopic (exact) mass is 815 g/mol. The lowest BCUT2D eigenvalue weighted by Gasteiger charge is -2.30. The number of furan rings is 1. The SMILES string of the molecule is c1ccc2c(c1)-c1ccccc1C21c2ccccc2-c2cc3c(cc21)c1ccccc1n3-c1nc(-c2cccc3c2oc2ccccc23)nc(-n2c3ccccc3c3ccccc32)n1. The van der Waals surface area contributed by atoms with Gasteiger partial charge in [-0.3, -0.25) is 9.13 Å². The van der Waals surface area contributed by atoms with Crippen molar-refractivity contribution in [2.45, 2.75) is 5.41 Å². The van der Waals surface area contributed by atoms with Crippen LogP contribution >= 0.6 is 0 Å². The first-order valence-electron chi connectivity index (χ1n) is 21.8. The first-order valence-corrected chi connectivity index (χ1v) is 21.8. The highest BCUT2D eigenvalue weighted by Gasteiger charge is 2.51. The number of para-hydroxylation sites is 5. The van der Waals surface area contributed by atoms with Gasteiger partial charge in [-0.25, -0.2) is 0 Å². The fourth-order valence-electron chi connectivity index (χ4n) is 11.5. The molecular formula is C58H33N5O. The lowest BCUT2D eigenvalue weighted by Crippen LogP contribution is -2.25. The van der Waals surface area contributed by atoms with Crippen molar-refractivity contribution in [3.63, 3.8) is 0 Å². The van der Waals surface area contributed by atoms with Gasteiger partial charge in [0.25, 0.3) is 0 Å². The van der Waals surface area contributed by atoms with Crippen LogP contribution in [0.4, 0.5) is 0 Å². The molecule has 0 saturated heterocycles. The van der Waals surface area contributed by atoms with Crippen LogP contribution in [0.2, 0.25) is 0 Å². The molecule has 0 radical (unpaired) electrons. The number of fused-ring (bicyclic) bond motifs is 19. The maximum Gasteiger partial charge on any atom is 0.240 e. The molecule has 6 heteroatoms. The second-order valence-electron chi connectivity index (χ2n) is 17.1. The van der Waals surface area contributed by atoms with Crippen molar-refractivity contribution in [1.82, 2.24) is 24.1 Å². The van der Waals surface area contributed by atoms with Crippen LogP contribution in [0, 0.1) is 0 Å². The summed E-state index contributed by atoms with van der Waals surface area (Å²) in [5.74, 6) is 1.59. The van der Waals surface area contributed by atoms with Crippen LogP contribution in [-0.4, -0.2) is 24.1 Å². The molecule has 4 aromatic heterocycles. The molecule has 13 aromatic rings. The van der Waals surface area contributed by atoms with Crippen molar-refractivity contribution in [3.8, 4) is 45.5 Å². The lowest BCUT2D eigenvalue weighted by atomic mass is 9.70. The molecular weight excluding hydrogens is 783 g/mol. The van der Waals surface area contributed by atoms with Crippen molar-refractivity contribution < 1.29 is 4.42 Å². The first-order chi connectivity index (χ1) is 31.8. The van der Waals surface area contributed by atoms with Gasteiger partial charge in [0.15, 0.2) is 5.82 Å². The minimum Gasteiger partial charge on any atom is -0.455 e. The molecule has 2 aliphatic rings. The molecule has 9 aromatic carbocycles. The molecule has 2 aliphatic carbocycles. The van der Waals surface area contributed by atoms with E-state index in [1.807, 2.05) is 12.1 Å². The minimum atomic E-state index is -0.466. The molecule has 4 heterocycles. The largest absolute Gasteiger partial charge is 0.455 e. The van der Waals surface area contributed by atoms with Crippen LogP contribution in [0.3, 0.4) is 0 Å². The number of nitrogens with zero attached hydrogens (tertiary/aromatic N) is 5. The molecule has 296 valence electrons. The summed E-state index contributed by atoms with van der Waals surface area (Å²) in [4.78, 5) is 16.4. The predicted octanol–water partition coefficient (Wildman–Crippen LogP) is 14.0. The van der Waals surface area contributed by atoms with E-state index in [2.05, 4.69) is 197 Å². The minimum absolute atomic E-state index is 0.466. The summed E-state index contributed by atoms with van der Waals surface area (Å²) in [7, 11) is 0. The fraction of sp³-hybridized carbons (Fsp3) is 0.0172. The second-order valence-corrected chi connectivity index (χ2v) is 17.1. The van der Waals surface area contributed by atoms with E-state index >= 15 is 0 Å². The number of hydrogen-bond donors (Lipinski definition) is 0. The van der Waals surface area contributed by atoms with Gasteiger partial charge in [-0.1, -0.05) is 158 Å². The summed E-state index contributed by atoms with van der Waals surface area (Å²) in [5, 5.41) is 6.61. The summed E-state index contributed by atoms with van der Waals surface area (Å²) in [6, 6.07) is 71.9. The van der Waals surface area contributed by atoms with Crippen molar-refractivity contribution in [2.24, 2.45) is 0 Å². The quantitative estimate of drug-likeness (QED) is 0.178. The predicted molar refractivity (Wildman–Crippen MR) is 258 cm³/mol. The number of benzene rings is 9. The average Bonchev–Trinajstić information content (AvgIpc) is 4.14. The van der Waals surface area contributed by atoms with Gasteiger partial charge in [0.1, 0.15) is 11.2 Å². The zero-order chi connectivity index (χ0) is 41.7. The van der Waals surface area contributed by atoms with Gasteiger partial charge in [-0.15, -0.1) is 0 Å². The average molecular weight is 816 g/mol. The Kier molecular flexibility index (Phi) is 6.53. The molecule has 1 spiro atoms. The Morgan fingerprint density at radius 2 is 0.781 bits per heavy atom. The third-order valence-electron chi connectivity index (χ3n) is 14.0. The Morgan fingerprint density at radius 1 is 0.328 bits per heavy atom. The second kappa shape index (κ2) is 12.3. The summed E-state index contributed by atoms with van der Waals surface area (Å²) in [6.07, 6.45) is 0. The standard InChI is InChI=1S/C58H33N5O/c1-8-25-45-34(16-1)35-17-2-9-26-46(35)58(45)47-27-10-3-18-36(47)43-33-52-44(32-48(43)58)39-21-6-13-30-51(39)63(52)57-60-55(42-24-15-23-41-40-22-7-14-31-53(40)64-54(41)42)59-56(61-57)62-49-28-11-4-19-37(49)38-20-5-12-29-50(38)62/h1-33H. The van der Waals surface area contributed by atoms with Gasteiger partial charge >= 0.3 is 0 Å². The summed E-state index contributed by atoms with van der Waals surface area (Å²) >= 11 is 0. The van der Waals surface area contributed by atoms with Gasteiger partial charge in [0.2, 0.25) is 11.9 Å². The Bertz CT molecular complexity index is 4070. The highest BCUT2D eigenvalue weighted by atomic mass is 16.3. The van der Waals surface area contributed by atoms with E-state index in [1.54, 1.807) is 0 Å². The van der Waals surface area contributed by atoms with E-state index in [9.17, 15) is 0 Å². The maximum atomic E-state index is 6.65. The van der Waals surface area contributed by atoms with E-state index in [0.29, 0.717) is 17.7 Å². The fourth-order valence-corrected chi connectivity index (χ4v) is 11.5. The lowest BCUT2D eigenvalue weighted by molar-refractivity contribution is 0.669. The van der Waals surface area contributed by atoms with Crippen molar-refractivity contribution in [1.29, 1.82) is 0 Å². The molecule has 0 amide bonds. The van der Waals surface area contributed by atoms with Gasteiger partial charge < -0.3 is 4.42 Å². The summed E-state index contributed by atoms with van der Waals surface area (Å²) in [5.41, 5.74) is 16.3. The van der Waals surface area contributed by atoms with Crippen LogP contribution in [-0.2, 0) is 5.41 Å². The van der Waals surface area contributed by atoms with Crippen LogP contribution in [0.1, 0.15) is 22.3 Å². The van der Waals surface area contributed by atoms with Gasteiger partial charge in [-0.2, -0.15) is 15.0 Å². The molecule has 0 aliphatic heterocycles. The van der Waals surface area contributed by atoms with E-state index < -0.39 is 5.41 Å². The molecule has 0 N–H and O–H groups in total. The van der Waals surface area contributed by atoms with E-state index in [4.69, 9.17) is 19.4 Å². The van der Waals surface area contributed by atoms with Crippen LogP contribution < -0.4 is 0 Å². The molecule has 6 nitrogen and oxygen atoms in total. The van der Waals surface area contributed by atoms with E-state index in [0.717, 1.165) is 71.1 Å². The van der Waals surface area contributed by atoms with Crippen LogP contribution in [0.25, 0.3) is 111 Å². The topological polar surface area (TPSA) is 61.7 Å². The third-order valence-corrected chi connectivity index (χ3v) is 14.0. The van der Waals surface area contributed by atoms with Gasteiger partial charge in [0.05, 0.1) is 33.0 Å². The van der Waals surface area contributed by atoms with Crippen molar-refractivity contribution >= 4 is 65.6 Å². The summed E-state index contributed by atoms with van der Waals surface area (Å²) in [6.45, 7) is 0. The Balaban J connectivity index is 1.07. The number of hydrogen-bond acceptors (Lipinski definition) is 4. The Labute approximate surface area is 366 Å². The smallest absolute Gasteiger partial charge is 0.240 e. The molecule has 0 saturated carbocycles.